The van der Waals surface area contributed by atoms with Gasteiger partial charge in [0.1, 0.15) is 5.54 Å². The van der Waals surface area contributed by atoms with E-state index in [9.17, 15) is 10.1 Å². The topological polar surface area (TPSA) is 56.1 Å². The predicted molar refractivity (Wildman–Crippen MR) is 87.0 cm³/mol. The van der Waals surface area contributed by atoms with Crippen LogP contribution in [0.25, 0.3) is 0 Å². The van der Waals surface area contributed by atoms with Gasteiger partial charge in [-0.2, -0.15) is 5.26 Å². The van der Waals surface area contributed by atoms with Gasteiger partial charge in [-0.1, -0.05) is 38.1 Å². The molecule has 1 aliphatic rings. The molecule has 0 spiro atoms. The van der Waals surface area contributed by atoms with Crippen LogP contribution in [-0.4, -0.2) is 28.9 Å². The van der Waals surface area contributed by atoms with Crippen molar-refractivity contribution in [3.63, 3.8) is 0 Å². The fourth-order valence-electron chi connectivity index (χ4n) is 2.68. The Hall–Kier alpha value is -1.86. The number of fused-ring (bicyclic) bond motifs is 1. The van der Waals surface area contributed by atoms with Crippen LogP contribution in [0.1, 0.15) is 38.8 Å². The van der Waals surface area contributed by atoms with Gasteiger partial charge in [-0.25, -0.2) is 0 Å². The summed E-state index contributed by atoms with van der Waals surface area (Å²) in [4.78, 5) is 14.7. The number of nitriles is 1. The SMILES string of the molecule is CC(C)[C@@](C)(C#N)NC(=O)[C@@H](C)N1CCc2ccccc2C1. The van der Waals surface area contributed by atoms with Crippen molar-refractivity contribution in [2.45, 2.75) is 52.2 Å². The standard InChI is InChI=1S/C18H25N3O/c1-13(2)18(4,12-19)20-17(22)14(3)21-10-9-15-7-5-6-8-16(15)11-21/h5-8,13-14H,9-11H2,1-4H3,(H,20,22)/t14-,18-/m1/s1. The first kappa shape index (κ1) is 16.5. The van der Waals surface area contributed by atoms with E-state index in [0.29, 0.717) is 0 Å². The minimum atomic E-state index is -0.820. The minimum absolute atomic E-state index is 0.0655. The van der Waals surface area contributed by atoms with Crippen LogP contribution in [0.2, 0.25) is 0 Å². The molecule has 2 atom stereocenters. The summed E-state index contributed by atoms with van der Waals surface area (Å²) in [6.07, 6.45) is 0.966. The second-order valence-corrected chi connectivity index (χ2v) is 6.62. The van der Waals surface area contributed by atoms with Gasteiger partial charge in [-0.15, -0.1) is 0 Å². The summed E-state index contributed by atoms with van der Waals surface area (Å²) in [6.45, 7) is 9.26. The first-order valence-corrected chi connectivity index (χ1v) is 7.91. The molecule has 22 heavy (non-hydrogen) atoms. The highest BCUT2D eigenvalue weighted by molar-refractivity contribution is 5.82. The fourth-order valence-corrected chi connectivity index (χ4v) is 2.68. The molecule has 1 N–H and O–H groups in total. The van der Waals surface area contributed by atoms with Crippen LogP contribution in [-0.2, 0) is 17.8 Å². The third kappa shape index (κ3) is 3.31. The van der Waals surface area contributed by atoms with E-state index in [4.69, 9.17) is 0 Å². The quantitative estimate of drug-likeness (QED) is 0.929. The molecule has 0 bridgehead atoms. The number of nitrogens with zero attached hydrogens (tertiary/aromatic N) is 2. The molecule has 4 nitrogen and oxygen atoms in total. The van der Waals surface area contributed by atoms with E-state index in [1.54, 1.807) is 6.92 Å². The molecule has 0 saturated carbocycles. The Labute approximate surface area is 133 Å². The van der Waals surface area contributed by atoms with Crippen molar-refractivity contribution in [3.8, 4) is 6.07 Å². The zero-order chi connectivity index (χ0) is 16.3. The molecule has 0 unspecified atom stereocenters. The van der Waals surface area contributed by atoms with Crippen molar-refractivity contribution < 1.29 is 4.79 Å². The second-order valence-electron chi connectivity index (χ2n) is 6.62. The van der Waals surface area contributed by atoms with E-state index < -0.39 is 5.54 Å². The molecule has 0 aromatic heterocycles. The Morgan fingerprint density at radius 1 is 1.32 bits per heavy atom. The molecular formula is C18H25N3O. The van der Waals surface area contributed by atoms with Crippen molar-refractivity contribution >= 4 is 5.91 Å². The molecule has 2 rings (SSSR count). The first-order chi connectivity index (χ1) is 10.4. The maximum absolute atomic E-state index is 12.5. The van der Waals surface area contributed by atoms with Crippen LogP contribution in [0.4, 0.5) is 0 Å². The molecule has 1 heterocycles. The highest BCUT2D eigenvalue weighted by Gasteiger charge is 2.33. The number of benzene rings is 1. The van der Waals surface area contributed by atoms with E-state index in [0.717, 1.165) is 19.5 Å². The van der Waals surface area contributed by atoms with E-state index >= 15 is 0 Å². The molecule has 118 valence electrons. The van der Waals surface area contributed by atoms with Crippen molar-refractivity contribution in [3.05, 3.63) is 35.4 Å². The zero-order valence-electron chi connectivity index (χ0n) is 13.9. The van der Waals surface area contributed by atoms with E-state index in [1.807, 2.05) is 26.8 Å². The number of carbonyl (C=O) groups excluding carboxylic acids is 1. The molecule has 1 aliphatic heterocycles. The molecule has 4 heteroatoms. The number of hydrogen-bond donors (Lipinski definition) is 1. The lowest BCUT2D eigenvalue weighted by molar-refractivity contribution is -0.127. The summed E-state index contributed by atoms with van der Waals surface area (Å²) in [5.74, 6) is -0.00661. The molecule has 0 radical (unpaired) electrons. The Balaban J connectivity index is 2.05. The summed E-state index contributed by atoms with van der Waals surface area (Å²) >= 11 is 0. The lowest BCUT2D eigenvalue weighted by atomic mass is 9.89. The summed E-state index contributed by atoms with van der Waals surface area (Å²) in [5, 5.41) is 12.3. The predicted octanol–water partition coefficient (Wildman–Crippen LogP) is 2.49. The van der Waals surface area contributed by atoms with Crippen molar-refractivity contribution in [1.82, 2.24) is 10.2 Å². The van der Waals surface area contributed by atoms with Crippen LogP contribution in [0.3, 0.4) is 0 Å². The van der Waals surface area contributed by atoms with E-state index in [-0.39, 0.29) is 17.9 Å². The van der Waals surface area contributed by atoms with E-state index in [2.05, 4.69) is 34.5 Å². The average molecular weight is 299 g/mol. The molecule has 1 amide bonds. The summed E-state index contributed by atoms with van der Waals surface area (Å²) in [7, 11) is 0. The van der Waals surface area contributed by atoms with Gasteiger partial charge < -0.3 is 5.32 Å². The van der Waals surface area contributed by atoms with Gasteiger partial charge in [0.15, 0.2) is 0 Å². The first-order valence-electron chi connectivity index (χ1n) is 7.91. The van der Waals surface area contributed by atoms with Crippen LogP contribution >= 0.6 is 0 Å². The van der Waals surface area contributed by atoms with Crippen LogP contribution in [0.15, 0.2) is 24.3 Å². The lowest BCUT2D eigenvalue weighted by Crippen LogP contribution is -2.55. The molecule has 1 aromatic rings. The number of amides is 1. The van der Waals surface area contributed by atoms with Gasteiger partial charge >= 0.3 is 0 Å². The Kier molecular flexibility index (Phi) is 4.87. The monoisotopic (exact) mass is 299 g/mol. The summed E-state index contributed by atoms with van der Waals surface area (Å²) < 4.78 is 0. The average Bonchev–Trinajstić information content (AvgIpc) is 2.53. The second kappa shape index (κ2) is 6.50. The van der Waals surface area contributed by atoms with Gasteiger partial charge in [0, 0.05) is 13.1 Å². The van der Waals surface area contributed by atoms with E-state index in [1.165, 1.54) is 11.1 Å². The number of carbonyl (C=O) groups is 1. The Bertz CT molecular complexity index is 590. The largest absolute Gasteiger partial charge is 0.336 e. The summed E-state index contributed by atoms with van der Waals surface area (Å²) in [5.41, 5.74) is 1.84. The Morgan fingerprint density at radius 2 is 1.95 bits per heavy atom. The molecule has 0 fully saturated rings. The summed E-state index contributed by atoms with van der Waals surface area (Å²) in [6, 6.07) is 10.4. The van der Waals surface area contributed by atoms with Crippen molar-refractivity contribution in [2.75, 3.05) is 6.54 Å². The lowest BCUT2D eigenvalue weighted by Gasteiger charge is -2.35. The van der Waals surface area contributed by atoms with Gasteiger partial charge in [-0.3, -0.25) is 9.69 Å². The normalized spacial score (nSPS) is 18.9. The van der Waals surface area contributed by atoms with Crippen molar-refractivity contribution in [1.29, 1.82) is 5.26 Å². The van der Waals surface area contributed by atoms with Gasteiger partial charge in [0.2, 0.25) is 5.91 Å². The van der Waals surface area contributed by atoms with Crippen LogP contribution in [0.5, 0.6) is 0 Å². The number of rotatable bonds is 4. The highest BCUT2D eigenvalue weighted by atomic mass is 16.2. The third-order valence-electron chi connectivity index (χ3n) is 4.86. The smallest absolute Gasteiger partial charge is 0.238 e. The van der Waals surface area contributed by atoms with Gasteiger partial charge in [-0.05, 0) is 37.3 Å². The maximum atomic E-state index is 12.5. The molecule has 0 saturated heterocycles. The van der Waals surface area contributed by atoms with Gasteiger partial charge in [0.05, 0.1) is 12.1 Å². The molecular weight excluding hydrogens is 274 g/mol. The van der Waals surface area contributed by atoms with Crippen LogP contribution in [0, 0.1) is 17.2 Å². The van der Waals surface area contributed by atoms with Crippen LogP contribution < -0.4 is 5.32 Å². The fraction of sp³-hybridized carbons (Fsp3) is 0.556. The Morgan fingerprint density at radius 3 is 2.55 bits per heavy atom. The molecule has 0 aliphatic carbocycles. The van der Waals surface area contributed by atoms with Crippen molar-refractivity contribution in [2.24, 2.45) is 5.92 Å². The number of hydrogen-bond acceptors (Lipinski definition) is 3. The number of nitrogens with one attached hydrogen (secondary N) is 1. The van der Waals surface area contributed by atoms with Gasteiger partial charge in [0.25, 0.3) is 0 Å². The third-order valence-corrected chi connectivity index (χ3v) is 4.86. The minimum Gasteiger partial charge on any atom is -0.336 e. The zero-order valence-corrected chi connectivity index (χ0v) is 13.9. The maximum Gasteiger partial charge on any atom is 0.238 e. The highest BCUT2D eigenvalue weighted by Crippen LogP contribution is 2.21. The molecule has 1 aromatic carbocycles.